The van der Waals surface area contributed by atoms with E-state index in [1.54, 1.807) is 12.4 Å². The summed E-state index contributed by atoms with van der Waals surface area (Å²) in [7, 11) is -1.20. The first kappa shape index (κ1) is 16.0. The van der Waals surface area contributed by atoms with Gasteiger partial charge in [-0.05, 0) is 40.6 Å². The largest absolute Gasteiger partial charge is 0.590 e. The topological polar surface area (TPSA) is 76.7 Å². The van der Waals surface area contributed by atoms with Gasteiger partial charge in [0.15, 0.2) is 10.4 Å². The zero-order chi connectivity index (χ0) is 18.2. The van der Waals surface area contributed by atoms with Gasteiger partial charge >= 0.3 is 0 Å². The van der Waals surface area contributed by atoms with Crippen molar-refractivity contribution in [2.24, 2.45) is 0 Å². The van der Waals surface area contributed by atoms with E-state index in [1.165, 1.54) is 0 Å². The Labute approximate surface area is 158 Å². The van der Waals surface area contributed by atoms with E-state index in [0.717, 1.165) is 49.4 Å². The number of thiophene rings is 1. The number of aromatic amines is 1. The van der Waals surface area contributed by atoms with Gasteiger partial charge in [-0.2, -0.15) is 5.10 Å². The van der Waals surface area contributed by atoms with E-state index in [1.807, 2.05) is 48.5 Å². The lowest BCUT2D eigenvalue weighted by atomic mass is 10.1. The Morgan fingerprint density at radius 2 is 1.74 bits per heavy atom. The van der Waals surface area contributed by atoms with Crippen LogP contribution in [0.1, 0.15) is 5.56 Å². The average Bonchev–Trinajstić information content (AvgIpc) is 3.28. The Morgan fingerprint density at radius 3 is 2.56 bits per heavy atom. The molecular weight excluding hydrogens is 356 g/mol. The Morgan fingerprint density at radius 1 is 0.963 bits per heavy atom. The van der Waals surface area contributed by atoms with Crippen LogP contribution in [0.25, 0.3) is 31.6 Å². The number of anilines is 1. The maximum Gasteiger partial charge on any atom is 0.226 e. The quantitative estimate of drug-likeness (QED) is 0.429. The zero-order valence-corrected chi connectivity index (χ0v) is 15.2. The molecule has 5 aromatic rings. The van der Waals surface area contributed by atoms with Crippen molar-refractivity contribution in [3.05, 3.63) is 78.6 Å². The second-order valence-electron chi connectivity index (χ2n) is 6.33. The molecule has 0 amide bonds. The van der Waals surface area contributed by atoms with Crippen molar-refractivity contribution in [1.29, 1.82) is 0 Å². The maximum atomic E-state index is 12.9. The summed E-state index contributed by atoms with van der Waals surface area (Å²) >= 11 is 0. The Bertz CT molecular complexity index is 1230. The molecule has 0 aliphatic heterocycles. The van der Waals surface area contributed by atoms with E-state index in [-0.39, 0.29) is 0 Å². The summed E-state index contributed by atoms with van der Waals surface area (Å²) in [4.78, 5) is 4.02. The van der Waals surface area contributed by atoms with Crippen molar-refractivity contribution in [2.75, 3.05) is 5.32 Å². The minimum Gasteiger partial charge on any atom is -0.590 e. The molecule has 5 rings (SSSR count). The number of aromatic nitrogens is 3. The van der Waals surface area contributed by atoms with Gasteiger partial charge in [-0.3, -0.25) is 10.1 Å². The minimum atomic E-state index is -1.20. The van der Waals surface area contributed by atoms with Gasteiger partial charge in [-0.25, -0.2) is 0 Å². The van der Waals surface area contributed by atoms with Crippen LogP contribution in [-0.2, 0) is 6.54 Å². The summed E-state index contributed by atoms with van der Waals surface area (Å²) in [5, 5.41) is 11.9. The van der Waals surface area contributed by atoms with E-state index in [9.17, 15) is 4.55 Å². The van der Waals surface area contributed by atoms with Gasteiger partial charge in [0.1, 0.15) is 5.52 Å². The summed E-state index contributed by atoms with van der Waals surface area (Å²) < 4.78 is 14.5. The van der Waals surface area contributed by atoms with E-state index in [4.69, 9.17) is 0 Å². The number of benzene rings is 2. The molecule has 132 valence electrons. The number of nitrogens with zero attached hydrogens (tertiary/aromatic N) is 2. The number of H-pyrrole nitrogens is 1. The number of hydrogen-bond donors (Lipinski definition) is 2. The summed E-state index contributed by atoms with van der Waals surface area (Å²) in [6.45, 7) is 0.723. The van der Waals surface area contributed by atoms with Crippen LogP contribution >= 0.6 is 10.8 Å². The lowest BCUT2D eigenvalue weighted by molar-refractivity contribution is 0.602. The molecule has 0 fully saturated rings. The van der Waals surface area contributed by atoms with E-state index >= 15 is 0 Å². The number of fused-ring (bicyclic) bond motifs is 3. The molecule has 5 nitrogen and oxygen atoms in total. The van der Waals surface area contributed by atoms with Gasteiger partial charge in [-0.15, -0.1) is 0 Å². The summed E-state index contributed by atoms with van der Waals surface area (Å²) in [6, 6.07) is 19.8. The van der Waals surface area contributed by atoms with Crippen LogP contribution < -0.4 is 5.32 Å². The van der Waals surface area contributed by atoms with Crippen molar-refractivity contribution in [1.82, 2.24) is 15.2 Å². The second kappa shape index (κ2) is 6.50. The molecular formula is C21H16N4OS. The van der Waals surface area contributed by atoms with Gasteiger partial charge < -0.3 is 9.87 Å². The first-order valence-electron chi connectivity index (χ1n) is 8.64. The van der Waals surface area contributed by atoms with Crippen LogP contribution in [-0.4, -0.2) is 19.7 Å². The third kappa shape index (κ3) is 2.75. The number of hydrogen-bond acceptors (Lipinski definition) is 4. The summed E-state index contributed by atoms with van der Waals surface area (Å²) in [5.74, 6) is 0. The lowest BCUT2D eigenvalue weighted by Crippen LogP contribution is -1.99. The molecule has 2 N–H and O–H groups in total. The molecule has 0 spiro atoms. The molecule has 0 bridgehead atoms. The van der Waals surface area contributed by atoms with Crippen molar-refractivity contribution in [3.8, 4) is 11.3 Å². The fourth-order valence-corrected chi connectivity index (χ4v) is 4.76. The van der Waals surface area contributed by atoms with E-state index in [0.29, 0.717) is 0 Å². The number of nitrogens with one attached hydrogen (secondary N) is 2. The van der Waals surface area contributed by atoms with Crippen LogP contribution in [0.2, 0.25) is 0 Å². The number of pyridine rings is 1. The van der Waals surface area contributed by atoms with Gasteiger partial charge in [0.25, 0.3) is 0 Å². The molecule has 0 aliphatic rings. The minimum absolute atomic E-state index is 0.723. The van der Waals surface area contributed by atoms with Crippen molar-refractivity contribution >= 4 is 36.7 Å². The fourth-order valence-electron chi connectivity index (χ4n) is 3.29. The molecule has 27 heavy (non-hydrogen) atoms. The first-order valence-corrected chi connectivity index (χ1v) is 9.79. The monoisotopic (exact) mass is 372 g/mol. The second-order valence-corrected chi connectivity index (χ2v) is 7.71. The highest BCUT2D eigenvalue weighted by atomic mass is 32.2. The maximum absolute atomic E-state index is 12.9. The lowest BCUT2D eigenvalue weighted by Gasteiger charge is -2.06. The SMILES string of the molecule is [O-][s+]1c2ccccc2c2[nH]nc(-c3ccc(CNc4ccncc4)cc3)c21. The van der Waals surface area contributed by atoms with Gasteiger partial charge in [0.2, 0.25) is 4.70 Å². The Hall–Kier alpha value is -3.22. The molecule has 0 aliphatic carbocycles. The Balaban J connectivity index is 1.47. The number of rotatable bonds is 4. The molecule has 6 heteroatoms. The third-order valence-electron chi connectivity index (χ3n) is 4.67. The van der Waals surface area contributed by atoms with Crippen LogP contribution in [0.5, 0.6) is 0 Å². The highest BCUT2D eigenvalue weighted by Crippen LogP contribution is 2.43. The predicted molar refractivity (Wildman–Crippen MR) is 109 cm³/mol. The van der Waals surface area contributed by atoms with Gasteiger partial charge in [0.05, 0.1) is 5.39 Å². The smallest absolute Gasteiger partial charge is 0.226 e. The first-order chi connectivity index (χ1) is 13.3. The van der Waals surface area contributed by atoms with Crippen LogP contribution in [0, 0.1) is 0 Å². The highest BCUT2D eigenvalue weighted by molar-refractivity contribution is 7.38. The van der Waals surface area contributed by atoms with Gasteiger partial charge in [-0.1, -0.05) is 36.4 Å². The van der Waals surface area contributed by atoms with Crippen LogP contribution in [0.4, 0.5) is 5.69 Å². The van der Waals surface area contributed by atoms with Crippen molar-refractivity contribution < 1.29 is 4.55 Å². The molecule has 3 aromatic heterocycles. The molecule has 2 aromatic carbocycles. The summed E-state index contributed by atoms with van der Waals surface area (Å²) in [5.41, 5.74) is 4.77. The molecule has 0 saturated carbocycles. The normalized spacial score (nSPS) is 12.0. The average molecular weight is 372 g/mol. The fraction of sp³-hybridized carbons (Fsp3) is 0.0476. The van der Waals surface area contributed by atoms with Crippen LogP contribution in [0.15, 0.2) is 73.1 Å². The molecule has 0 saturated heterocycles. The third-order valence-corrected chi connectivity index (χ3v) is 6.19. The molecule has 1 unspecified atom stereocenters. The summed E-state index contributed by atoms with van der Waals surface area (Å²) in [6.07, 6.45) is 3.53. The molecule has 3 heterocycles. The van der Waals surface area contributed by atoms with E-state index < -0.39 is 10.8 Å². The standard InChI is InChI=1S/C21H16N4OS/c26-27-18-4-2-1-3-17(18)20-21(27)19(24-25-20)15-7-5-14(6-8-15)13-23-16-9-11-22-12-10-16/h1-12H,13H2,(H,22,23)(H,24,25). The molecule has 0 radical (unpaired) electrons. The van der Waals surface area contributed by atoms with E-state index in [2.05, 4.69) is 32.6 Å². The van der Waals surface area contributed by atoms with Crippen molar-refractivity contribution in [3.63, 3.8) is 0 Å². The van der Waals surface area contributed by atoms with Gasteiger partial charge in [0, 0.05) is 30.2 Å². The molecule has 1 atom stereocenters. The van der Waals surface area contributed by atoms with Crippen molar-refractivity contribution in [2.45, 2.75) is 6.54 Å². The predicted octanol–water partition coefficient (Wildman–Crippen LogP) is 5.12. The highest BCUT2D eigenvalue weighted by Gasteiger charge is 2.22. The van der Waals surface area contributed by atoms with Crippen LogP contribution in [0.3, 0.4) is 0 Å². The Kier molecular flexibility index (Phi) is 3.85. The zero-order valence-electron chi connectivity index (χ0n) is 14.3.